The Hall–Kier alpha value is -3.46. The first-order valence-electron chi connectivity index (χ1n) is 10.1. The highest BCUT2D eigenvalue weighted by Gasteiger charge is 2.28. The molecule has 0 aliphatic carbocycles. The Bertz CT molecular complexity index is 1220. The summed E-state index contributed by atoms with van der Waals surface area (Å²) in [6, 6.07) is 19.3. The topological polar surface area (TPSA) is 55.6 Å². The number of thioether (sulfide) groups is 1. The molecule has 0 atom stereocenters. The number of amides is 1. The lowest BCUT2D eigenvalue weighted by Crippen LogP contribution is -2.23. The normalized spacial score (nSPS) is 11.5. The number of fused-ring (bicyclic) bond motifs is 1. The average molecular weight is 472 g/mol. The van der Waals surface area contributed by atoms with Crippen molar-refractivity contribution >= 4 is 23.3 Å². The Morgan fingerprint density at radius 2 is 1.88 bits per heavy atom. The van der Waals surface area contributed by atoms with E-state index in [0.717, 1.165) is 16.2 Å². The molecular formula is C24H20F3N3O2S. The number of hydrogen-bond donors (Lipinski definition) is 1. The van der Waals surface area contributed by atoms with E-state index in [1.165, 1.54) is 23.9 Å². The highest BCUT2D eigenvalue weighted by atomic mass is 32.2. The molecule has 1 N–H and O–H groups in total. The van der Waals surface area contributed by atoms with Crippen molar-refractivity contribution in [2.75, 3.05) is 6.61 Å². The van der Waals surface area contributed by atoms with Crippen molar-refractivity contribution in [1.29, 1.82) is 0 Å². The minimum atomic E-state index is -4.41. The quantitative estimate of drug-likeness (QED) is 0.345. The lowest BCUT2D eigenvalue weighted by Gasteiger charge is -2.12. The van der Waals surface area contributed by atoms with Crippen molar-refractivity contribution in [2.24, 2.45) is 0 Å². The number of nitrogens with one attached hydrogen (secondary N) is 1. The second kappa shape index (κ2) is 9.99. The number of imidazole rings is 1. The number of hydrogen-bond acceptors (Lipinski definition) is 4. The predicted molar refractivity (Wildman–Crippen MR) is 120 cm³/mol. The second-order valence-electron chi connectivity index (χ2n) is 7.22. The van der Waals surface area contributed by atoms with Crippen LogP contribution in [0.15, 0.2) is 84.0 Å². The summed E-state index contributed by atoms with van der Waals surface area (Å²) in [6.07, 6.45) is -0.519. The van der Waals surface area contributed by atoms with Gasteiger partial charge in [0.25, 0.3) is 5.91 Å². The Morgan fingerprint density at radius 1 is 1.06 bits per heavy atom. The highest BCUT2D eigenvalue weighted by Crippen LogP contribution is 2.26. The average Bonchev–Trinajstić information content (AvgIpc) is 3.23. The molecule has 0 aliphatic rings. The SMILES string of the molecule is O=C(NCc1cccc(OCC(F)(F)F)c1)c1ccccc1SCc1cn2ccccc2n1. The molecule has 0 saturated carbocycles. The molecule has 33 heavy (non-hydrogen) atoms. The third-order valence-corrected chi connectivity index (χ3v) is 5.78. The Balaban J connectivity index is 1.38. The van der Waals surface area contributed by atoms with Gasteiger partial charge in [-0.05, 0) is 42.0 Å². The van der Waals surface area contributed by atoms with E-state index in [-0.39, 0.29) is 18.2 Å². The van der Waals surface area contributed by atoms with Crippen LogP contribution in [0.4, 0.5) is 13.2 Å². The van der Waals surface area contributed by atoms with Gasteiger partial charge >= 0.3 is 6.18 Å². The van der Waals surface area contributed by atoms with Gasteiger partial charge in [0.15, 0.2) is 6.61 Å². The van der Waals surface area contributed by atoms with Crippen molar-refractivity contribution < 1.29 is 22.7 Å². The molecule has 4 aromatic rings. The van der Waals surface area contributed by atoms with Gasteiger partial charge in [0.05, 0.1) is 11.3 Å². The third kappa shape index (κ3) is 6.29. The number of rotatable bonds is 8. The fourth-order valence-corrected chi connectivity index (χ4v) is 4.11. The van der Waals surface area contributed by atoms with Gasteiger partial charge in [-0.1, -0.05) is 30.3 Å². The van der Waals surface area contributed by atoms with Gasteiger partial charge in [0.1, 0.15) is 11.4 Å². The number of benzene rings is 2. The minimum Gasteiger partial charge on any atom is -0.484 e. The molecule has 0 aliphatic heterocycles. The molecule has 170 valence electrons. The molecule has 2 aromatic heterocycles. The van der Waals surface area contributed by atoms with Crippen molar-refractivity contribution in [3.05, 3.63) is 95.9 Å². The monoisotopic (exact) mass is 471 g/mol. The lowest BCUT2D eigenvalue weighted by atomic mass is 10.2. The van der Waals surface area contributed by atoms with E-state index in [1.54, 1.807) is 24.3 Å². The second-order valence-corrected chi connectivity index (χ2v) is 8.23. The molecule has 0 bridgehead atoms. The van der Waals surface area contributed by atoms with Crippen LogP contribution in [-0.2, 0) is 12.3 Å². The van der Waals surface area contributed by atoms with Crippen molar-refractivity contribution in [3.63, 3.8) is 0 Å². The summed E-state index contributed by atoms with van der Waals surface area (Å²) in [7, 11) is 0. The van der Waals surface area contributed by atoms with Gasteiger partial charge in [-0.2, -0.15) is 13.2 Å². The molecule has 0 unspecified atom stereocenters. The van der Waals surface area contributed by atoms with Crippen LogP contribution in [0.25, 0.3) is 5.65 Å². The molecule has 5 nitrogen and oxygen atoms in total. The summed E-state index contributed by atoms with van der Waals surface area (Å²) in [6.45, 7) is -1.20. The Morgan fingerprint density at radius 3 is 2.70 bits per heavy atom. The zero-order valence-electron chi connectivity index (χ0n) is 17.4. The molecule has 9 heteroatoms. The highest BCUT2D eigenvalue weighted by molar-refractivity contribution is 7.98. The maximum atomic E-state index is 12.8. The zero-order chi connectivity index (χ0) is 23.3. The van der Waals surface area contributed by atoms with E-state index in [0.29, 0.717) is 16.9 Å². The van der Waals surface area contributed by atoms with Crippen LogP contribution in [0.3, 0.4) is 0 Å². The maximum Gasteiger partial charge on any atom is 0.422 e. The third-order valence-electron chi connectivity index (χ3n) is 4.68. The van der Waals surface area contributed by atoms with Gasteiger partial charge in [-0.3, -0.25) is 4.79 Å². The summed E-state index contributed by atoms with van der Waals surface area (Å²) in [5.41, 5.74) is 2.92. The Kier molecular flexibility index (Phi) is 6.88. The van der Waals surface area contributed by atoms with Crippen LogP contribution < -0.4 is 10.1 Å². The van der Waals surface area contributed by atoms with Crippen molar-refractivity contribution in [3.8, 4) is 5.75 Å². The van der Waals surface area contributed by atoms with Crippen LogP contribution in [0.1, 0.15) is 21.6 Å². The van der Waals surface area contributed by atoms with Crippen molar-refractivity contribution in [2.45, 2.75) is 23.4 Å². The van der Waals surface area contributed by atoms with Crippen LogP contribution in [0.5, 0.6) is 5.75 Å². The van der Waals surface area contributed by atoms with Gasteiger partial charge in [-0.25, -0.2) is 4.98 Å². The predicted octanol–water partition coefficient (Wildman–Crippen LogP) is 5.50. The number of nitrogens with zero attached hydrogens (tertiary/aromatic N) is 2. The molecule has 2 aromatic carbocycles. The number of carbonyl (C=O) groups excluding carboxylic acids is 1. The van der Waals surface area contributed by atoms with E-state index in [9.17, 15) is 18.0 Å². The van der Waals surface area contributed by atoms with E-state index < -0.39 is 12.8 Å². The molecule has 2 heterocycles. The van der Waals surface area contributed by atoms with E-state index in [1.807, 2.05) is 47.1 Å². The molecule has 0 radical (unpaired) electrons. The first kappa shape index (κ1) is 22.7. The van der Waals surface area contributed by atoms with Gasteiger partial charge in [0.2, 0.25) is 0 Å². The molecule has 4 rings (SSSR count). The smallest absolute Gasteiger partial charge is 0.422 e. The first-order valence-corrected chi connectivity index (χ1v) is 11.1. The van der Waals surface area contributed by atoms with Crippen LogP contribution in [0, 0.1) is 0 Å². The number of alkyl halides is 3. The standard InChI is InChI=1S/C24H20F3N3O2S/c25-24(26,27)16-32-19-7-5-6-17(12-19)13-28-23(31)20-8-1-2-9-21(20)33-15-18-14-30-11-4-3-10-22(30)29-18/h1-12,14H,13,15-16H2,(H,28,31). The molecular weight excluding hydrogens is 451 g/mol. The first-order chi connectivity index (χ1) is 15.9. The summed E-state index contributed by atoms with van der Waals surface area (Å²) >= 11 is 1.51. The van der Waals surface area contributed by atoms with E-state index in [4.69, 9.17) is 4.74 Å². The molecule has 0 spiro atoms. The zero-order valence-corrected chi connectivity index (χ0v) is 18.2. The fraction of sp³-hybridized carbons (Fsp3) is 0.167. The number of halogens is 3. The number of ether oxygens (including phenoxy) is 1. The Labute approximate surface area is 192 Å². The molecule has 0 saturated heterocycles. The number of aromatic nitrogens is 2. The molecule has 0 fully saturated rings. The van der Waals surface area contributed by atoms with Gasteiger partial charge in [0, 0.05) is 29.6 Å². The maximum absolute atomic E-state index is 12.8. The number of carbonyl (C=O) groups is 1. The summed E-state index contributed by atoms with van der Waals surface area (Å²) in [5, 5.41) is 2.83. The van der Waals surface area contributed by atoms with E-state index >= 15 is 0 Å². The summed E-state index contributed by atoms with van der Waals surface area (Å²) in [4.78, 5) is 18.2. The summed E-state index contributed by atoms with van der Waals surface area (Å²) < 4.78 is 43.8. The molecule has 1 amide bonds. The van der Waals surface area contributed by atoms with Crippen LogP contribution in [0.2, 0.25) is 0 Å². The van der Waals surface area contributed by atoms with Gasteiger partial charge < -0.3 is 14.5 Å². The van der Waals surface area contributed by atoms with Crippen LogP contribution in [-0.4, -0.2) is 28.1 Å². The number of pyridine rings is 1. The largest absolute Gasteiger partial charge is 0.484 e. The summed E-state index contributed by atoms with van der Waals surface area (Å²) in [5.74, 6) is 0.432. The van der Waals surface area contributed by atoms with Gasteiger partial charge in [-0.15, -0.1) is 11.8 Å². The van der Waals surface area contributed by atoms with Crippen LogP contribution >= 0.6 is 11.8 Å². The minimum absolute atomic E-state index is 0.0995. The van der Waals surface area contributed by atoms with Crippen molar-refractivity contribution in [1.82, 2.24) is 14.7 Å². The fourth-order valence-electron chi connectivity index (χ4n) is 3.18. The van der Waals surface area contributed by atoms with E-state index in [2.05, 4.69) is 10.3 Å². The lowest BCUT2D eigenvalue weighted by molar-refractivity contribution is -0.153.